The molecule has 0 fully saturated rings. The second kappa shape index (κ2) is 16.1. The van der Waals surface area contributed by atoms with Crippen molar-refractivity contribution in [2.45, 2.75) is 38.9 Å². The summed E-state index contributed by atoms with van der Waals surface area (Å²) in [6.07, 6.45) is 5.18. The van der Waals surface area contributed by atoms with Crippen molar-refractivity contribution in [3.05, 3.63) is 24.4 Å². The van der Waals surface area contributed by atoms with Crippen molar-refractivity contribution in [3.8, 4) is 0 Å². The van der Waals surface area contributed by atoms with Crippen LogP contribution in [0.15, 0.2) is 24.4 Å². The van der Waals surface area contributed by atoms with E-state index >= 15 is 0 Å². The van der Waals surface area contributed by atoms with Gasteiger partial charge in [-0.05, 0) is 26.3 Å². The molecule has 0 aliphatic heterocycles. The highest BCUT2D eigenvalue weighted by atomic mass is 33.1. The Bertz CT molecular complexity index is 363. The Morgan fingerprint density at radius 2 is 1.72 bits per heavy atom. The molecule has 0 spiro atoms. The zero-order valence-electron chi connectivity index (χ0n) is 16.7. The van der Waals surface area contributed by atoms with Crippen molar-refractivity contribution >= 4 is 21.6 Å². The van der Waals surface area contributed by atoms with Gasteiger partial charge in [0.05, 0.1) is 33.0 Å². The molecule has 0 saturated heterocycles. The van der Waals surface area contributed by atoms with Gasteiger partial charge in [-0.3, -0.25) is 0 Å². The molecule has 0 saturated carbocycles. The molecule has 0 aromatic carbocycles. The van der Waals surface area contributed by atoms with Gasteiger partial charge in [0.2, 0.25) is 0 Å². The fraction of sp³-hybridized carbons (Fsp3) is 0.789. The summed E-state index contributed by atoms with van der Waals surface area (Å²) in [7, 11) is 5.54. The summed E-state index contributed by atoms with van der Waals surface area (Å²) in [5, 5.41) is 0. The van der Waals surface area contributed by atoms with Crippen LogP contribution in [0.2, 0.25) is 0 Å². The first-order chi connectivity index (χ1) is 12.0. The molecule has 0 aliphatic carbocycles. The third kappa shape index (κ3) is 13.7. The number of allylic oxidation sites excluding steroid dienone is 2. The topological polar surface area (TPSA) is 30.9 Å². The monoisotopic (exact) mass is 391 g/mol. The number of hydrogen-bond acceptors (Lipinski definition) is 6. The third-order valence-corrected chi connectivity index (χ3v) is 6.62. The Kier molecular flexibility index (Phi) is 16.0. The van der Waals surface area contributed by atoms with E-state index in [1.807, 2.05) is 27.7 Å². The van der Waals surface area contributed by atoms with E-state index in [1.54, 1.807) is 7.11 Å². The van der Waals surface area contributed by atoms with Crippen LogP contribution in [-0.2, 0) is 14.2 Å². The maximum Gasteiger partial charge on any atom is 0.0701 e. The predicted octanol–water partition coefficient (Wildman–Crippen LogP) is 4.63. The zero-order valence-corrected chi connectivity index (χ0v) is 18.3. The van der Waals surface area contributed by atoms with E-state index in [2.05, 4.69) is 45.2 Å². The molecule has 0 rings (SSSR count). The van der Waals surface area contributed by atoms with Crippen LogP contribution < -0.4 is 0 Å². The molecule has 25 heavy (non-hydrogen) atoms. The van der Waals surface area contributed by atoms with Gasteiger partial charge in [-0.25, -0.2) is 0 Å². The lowest BCUT2D eigenvalue weighted by molar-refractivity contribution is 0.0211. The molecule has 6 heteroatoms. The summed E-state index contributed by atoms with van der Waals surface area (Å²) < 4.78 is 16.3. The lowest BCUT2D eigenvalue weighted by atomic mass is 10.1. The fourth-order valence-electron chi connectivity index (χ4n) is 2.19. The van der Waals surface area contributed by atoms with E-state index in [0.29, 0.717) is 33.0 Å². The lowest BCUT2D eigenvalue weighted by Crippen LogP contribution is -2.37. The van der Waals surface area contributed by atoms with E-state index in [1.165, 1.54) is 5.70 Å². The summed E-state index contributed by atoms with van der Waals surface area (Å²) in [5.41, 5.74) is 1.19. The summed E-state index contributed by atoms with van der Waals surface area (Å²) in [6.45, 7) is 17.9. The van der Waals surface area contributed by atoms with Crippen LogP contribution in [0.1, 0.15) is 34.1 Å². The Balaban J connectivity index is 4.41. The summed E-state index contributed by atoms with van der Waals surface area (Å²) >= 11 is 0. The van der Waals surface area contributed by atoms with E-state index in [0.717, 1.165) is 25.3 Å². The molecule has 0 heterocycles. The van der Waals surface area contributed by atoms with Crippen molar-refractivity contribution in [3.63, 3.8) is 0 Å². The summed E-state index contributed by atoms with van der Waals surface area (Å²) in [5.74, 6) is 1.12. The Morgan fingerprint density at radius 3 is 2.28 bits per heavy atom. The van der Waals surface area contributed by atoms with Crippen molar-refractivity contribution in [1.29, 1.82) is 0 Å². The van der Waals surface area contributed by atoms with Gasteiger partial charge in [0.25, 0.3) is 0 Å². The Labute approximate surface area is 163 Å². The molecular weight excluding hydrogens is 354 g/mol. The predicted molar refractivity (Wildman–Crippen MR) is 113 cm³/mol. The first kappa shape index (κ1) is 24.9. The van der Waals surface area contributed by atoms with Gasteiger partial charge in [0.15, 0.2) is 0 Å². The minimum Gasteiger partial charge on any atom is -0.382 e. The van der Waals surface area contributed by atoms with Crippen LogP contribution in [0.4, 0.5) is 0 Å². The van der Waals surface area contributed by atoms with Gasteiger partial charge in [0, 0.05) is 36.4 Å². The summed E-state index contributed by atoms with van der Waals surface area (Å²) in [4.78, 5) is 2.38. The standard InChI is InChI=1S/C19H37NO3S2/c1-7-10-18(8-2)20(17-19(4,5)25-24-9-3)11-12-22-15-16-23-14-13-21-6/h8,10H,2,7,9,11-17H2,1,3-6H3/b18-10+. The van der Waals surface area contributed by atoms with Crippen molar-refractivity contribution in [2.75, 3.05) is 59.0 Å². The second-order valence-electron chi connectivity index (χ2n) is 6.13. The smallest absolute Gasteiger partial charge is 0.0701 e. The quantitative estimate of drug-likeness (QED) is 0.204. The maximum atomic E-state index is 5.73. The Morgan fingerprint density at radius 1 is 1.08 bits per heavy atom. The van der Waals surface area contributed by atoms with Crippen LogP contribution in [0.5, 0.6) is 0 Å². The van der Waals surface area contributed by atoms with Gasteiger partial charge >= 0.3 is 0 Å². The van der Waals surface area contributed by atoms with Crippen LogP contribution in [-0.4, -0.2) is 68.6 Å². The molecule has 0 aromatic heterocycles. The molecule has 148 valence electrons. The van der Waals surface area contributed by atoms with Crippen LogP contribution in [0.3, 0.4) is 0 Å². The molecule has 0 aromatic rings. The SMILES string of the molecule is C=C/C(=C\CC)N(CCOCCOCCOC)CC(C)(C)SSCC. The minimum atomic E-state index is 0.166. The average Bonchev–Trinajstić information content (AvgIpc) is 2.59. The first-order valence-corrected chi connectivity index (χ1v) is 11.3. The number of ether oxygens (including phenoxy) is 3. The average molecular weight is 392 g/mol. The molecule has 4 nitrogen and oxygen atoms in total. The lowest BCUT2D eigenvalue weighted by Gasteiger charge is -2.34. The van der Waals surface area contributed by atoms with Gasteiger partial charge in [0.1, 0.15) is 0 Å². The molecular formula is C19H37NO3S2. The second-order valence-corrected chi connectivity index (χ2v) is 9.42. The van der Waals surface area contributed by atoms with E-state index in [9.17, 15) is 0 Å². The normalized spacial score (nSPS) is 12.4. The molecule has 0 N–H and O–H groups in total. The van der Waals surface area contributed by atoms with Gasteiger partial charge in [-0.2, -0.15) is 0 Å². The number of hydrogen-bond donors (Lipinski definition) is 0. The van der Waals surface area contributed by atoms with Gasteiger partial charge in [-0.1, -0.05) is 48.1 Å². The molecule has 0 aliphatic rings. The van der Waals surface area contributed by atoms with Crippen molar-refractivity contribution in [1.82, 2.24) is 4.90 Å². The number of nitrogens with zero attached hydrogens (tertiary/aromatic N) is 1. The summed E-state index contributed by atoms with van der Waals surface area (Å²) in [6, 6.07) is 0. The largest absolute Gasteiger partial charge is 0.382 e. The molecule has 0 radical (unpaired) electrons. The highest BCUT2D eigenvalue weighted by Crippen LogP contribution is 2.36. The first-order valence-electron chi connectivity index (χ1n) is 9.03. The Hall–Kier alpha value is -0.140. The van der Waals surface area contributed by atoms with E-state index < -0.39 is 0 Å². The molecule has 0 amide bonds. The fourth-order valence-corrected chi connectivity index (χ4v) is 4.31. The highest BCUT2D eigenvalue weighted by Gasteiger charge is 2.23. The van der Waals surface area contributed by atoms with Gasteiger partial charge < -0.3 is 19.1 Å². The number of rotatable bonds is 17. The minimum absolute atomic E-state index is 0.166. The molecule has 0 unspecified atom stereocenters. The van der Waals surface area contributed by atoms with Gasteiger partial charge in [-0.15, -0.1) is 0 Å². The van der Waals surface area contributed by atoms with E-state index in [4.69, 9.17) is 14.2 Å². The van der Waals surface area contributed by atoms with Crippen molar-refractivity contribution in [2.24, 2.45) is 0 Å². The van der Waals surface area contributed by atoms with Crippen LogP contribution >= 0.6 is 21.6 Å². The third-order valence-electron chi connectivity index (χ3n) is 3.27. The molecule has 0 bridgehead atoms. The number of methoxy groups -OCH3 is 1. The van der Waals surface area contributed by atoms with E-state index in [-0.39, 0.29) is 4.75 Å². The maximum absolute atomic E-state index is 5.73. The zero-order chi connectivity index (χ0) is 19.0. The van der Waals surface area contributed by atoms with Crippen LogP contribution in [0.25, 0.3) is 0 Å². The van der Waals surface area contributed by atoms with Crippen molar-refractivity contribution < 1.29 is 14.2 Å². The van der Waals surface area contributed by atoms with Crippen LogP contribution in [0, 0.1) is 0 Å². The molecule has 0 atom stereocenters. The highest BCUT2D eigenvalue weighted by molar-refractivity contribution is 8.77.